The highest BCUT2D eigenvalue weighted by atomic mass is 127. The molecule has 3 rings (SSSR count). The molecule has 0 radical (unpaired) electrons. The van der Waals surface area contributed by atoms with E-state index in [2.05, 4.69) is 35.9 Å². The van der Waals surface area contributed by atoms with Crippen LogP contribution in [0.3, 0.4) is 0 Å². The van der Waals surface area contributed by atoms with Gasteiger partial charge in [0, 0.05) is 11.6 Å². The number of aromatic nitrogens is 6. The molecule has 2 aromatic heterocycles. The molecule has 0 amide bonds. The smallest absolute Gasteiger partial charge is 0.323 e. The minimum absolute atomic E-state index is 0.167. The molecule has 0 fully saturated rings. The fraction of sp³-hybridized carbons (Fsp3) is 0.0833. The van der Waals surface area contributed by atoms with Gasteiger partial charge in [-0.1, -0.05) is 12.1 Å². The third kappa shape index (κ3) is 3.55. The number of hydrogen-bond donors (Lipinski definition) is 2. The van der Waals surface area contributed by atoms with E-state index < -0.39 is 11.9 Å². The summed E-state index contributed by atoms with van der Waals surface area (Å²) >= 11 is 1.70. The molecule has 23 heavy (non-hydrogen) atoms. The van der Waals surface area contributed by atoms with Crippen molar-refractivity contribution in [3.63, 3.8) is 0 Å². The Labute approximate surface area is 140 Å². The maximum Gasteiger partial charge on any atom is 0.433 e. The van der Waals surface area contributed by atoms with E-state index in [0.717, 1.165) is 6.07 Å². The lowest BCUT2D eigenvalue weighted by atomic mass is 10.1. The Morgan fingerprint density at radius 2 is 1.91 bits per heavy atom. The lowest BCUT2D eigenvalue weighted by Crippen LogP contribution is -2.11. The number of hydrogen-bond acceptors (Lipinski definition) is 6. The fourth-order valence-electron chi connectivity index (χ4n) is 1.80. The quantitative estimate of drug-likeness (QED) is 0.488. The van der Waals surface area contributed by atoms with E-state index in [4.69, 9.17) is 0 Å². The molecule has 0 saturated carbocycles. The number of alkyl halides is 3. The zero-order valence-corrected chi connectivity index (χ0v) is 13.3. The topological polar surface area (TPSA) is 92.3 Å². The highest BCUT2D eigenvalue weighted by Gasteiger charge is 2.33. The third-order valence-electron chi connectivity index (χ3n) is 2.75. The van der Waals surface area contributed by atoms with Gasteiger partial charge in [-0.15, -0.1) is 10.2 Å². The van der Waals surface area contributed by atoms with Crippen molar-refractivity contribution in [2.45, 2.75) is 6.18 Å². The molecule has 0 saturated heterocycles. The lowest BCUT2D eigenvalue weighted by molar-refractivity contribution is -0.141. The van der Waals surface area contributed by atoms with Crippen molar-refractivity contribution in [2.75, 3.05) is 5.32 Å². The van der Waals surface area contributed by atoms with E-state index in [1.54, 1.807) is 46.9 Å². The first-order chi connectivity index (χ1) is 10.9. The van der Waals surface area contributed by atoms with Gasteiger partial charge in [-0.3, -0.25) is 0 Å². The van der Waals surface area contributed by atoms with Gasteiger partial charge in [-0.2, -0.15) is 18.4 Å². The summed E-state index contributed by atoms with van der Waals surface area (Å²) in [7, 11) is 0. The summed E-state index contributed by atoms with van der Waals surface area (Å²) in [6.07, 6.45) is -4.55. The van der Waals surface area contributed by atoms with Crippen LogP contribution in [-0.2, 0) is 6.18 Å². The number of para-hydroxylation sites is 1. The van der Waals surface area contributed by atoms with E-state index >= 15 is 0 Å². The minimum atomic E-state index is -4.55. The van der Waals surface area contributed by atoms with E-state index in [0.29, 0.717) is 17.1 Å². The van der Waals surface area contributed by atoms with E-state index in [-0.39, 0.29) is 9.65 Å². The average Bonchev–Trinajstić information content (AvgIpc) is 3.00. The van der Waals surface area contributed by atoms with Gasteiger partial charge in [-0.25, -0.2) is 9.97 Å². The normalized spacial score (nSPS) is 11.5. The summed E-state index contributed by atoms with van der Waals surface area (Å²) in [5.74, 6) is 0.134. The summed E-state index contributed by atoms with van der Waals surface area (Å²) in [6, 6.07) is 7.68. The van der Waals surface area contributed by atoms with Crippen LogP contribution in [0.4, 0.5) is 24.8 Å². The highest BCUT2D eigenvalue weighted by Crippen LogP contribution is 2.31. The van der Waals surface area contributed by atoms with Gasteiger partial charge in [-0.05, 0) is 39.9 Å². The number of anilines is 2. The molecule has 2 N–H and O–H groups in total. The van der Waals surface area contributed by atoms with Crippen molar-refractivity contribution >= 4 is 34.2 Å². The Morgan fingerprint density at radius 3 is 2.61 bits per heavy atom. The predicted octanol–water partition coefficient (Wildman–Crippen LogP) is 3.02. The second kappa shape index (κ2) is 6.06. The lowest BCUT2D eigenvalue weighted by Gasteiger charge is -2.11. The SMILES string of the molecule is FC(F)(F)c1cc(I)nc(Nc2ccccc2-c2nn[nH]n2)n1. The first-order valence-electron chi connectivity index (χ1n) is 6.15. The Morgan fingerprint density at radius 1 is 1.13 bits per heavy atom. The zero-order valence-electron chi connectivity index (χ0n) is 11.1. The minimum Gasteiger partial charge on any atom is -0.323 e. The number of aromatic amines is 1. The maximum absolute atomic E-state index is 12.8. The molecule has 0 spiro atoms. The predicted molar refractivity (Wildman–Crippen MR) is 82.6 cm³/mol. The van der Waals surface area contributed by atoms with E-state index in [1.807, 2.05) is 0 Å². The van der Waals surface area contributed by atoms with Crippen LogP contribution in [0.5, 0.6) is 0 Å². The largest absolute Gasteiger partial charge is 0.433 e. The molecule has 11 heteroatoms. The van der Waals surface area contributed by atoms with Gasteiger partial charge in [0.1, 0.15) is 3.70 Å². The third-order valence-corrected chi connectivity index (χ3v) is 3.30. The molecule has 0 atom stereocenters. The van der Waals surface area contributed by atoms with Gasteiger partial charge in [0.15, 0.2) is 5.69 Å². The molecular formula is C12H7F3IN7. The summed E-state index contributed by atoms with van der Waals surface area (Å²) in [5.41, 5.74) is -0.00210. The summed E-state index contributed by atoms with van der Waals surface area (Å²) in [5, 5.41) is 16.3. The van der Waals surface area contributed by atoms with Crippen molar-refractivity contribution in [1.82, 2.24) is 30.6 Å². The molecule has 0 aliphatic rings. The van der Waals surface area contributed by atoms with Crippen LogP contribution in [0.25, 0.3) is 11.4 Å². The van der Waals surface area contributed by atoms with Gasteiger partial charge in [0.2, 0.25) is 11.8 Å². The second-order valence-corrected chi connectivity index (χ2v) is 5.41. The number of H-pyrrole nitrogens is 1. The first-order valence-corrected chi connectivity index (χ1v) is 7.23. The monoisotopic (exact) mass is 433 g/mol. The van der Waals surface area contributed by atoms with Crippen LogP contribution < -0.4 is 5.32 Å². The van der Waals surface area contributed by atoms with Crippen molar-refractivity contribution in [3.8, 4) is 11.4 Å². The molecule has 1 aromatic carbocycles. The van der Waals surface area contributed by atoms with Crippen LogP contribution in [0, 0.1) is 3.70 Å². The van der Waals surface area contributed by atoms with Crippen LogP contribution in [0.15, 0.2) is 30.3 Å². The Hall–Kier alpha value is -2.31. The number of halogens is 4. The molecular weight excluding hydrogens is 426 g/mol. The number of benzene rings is 1. The zero-order chi connectivity index (χ0) is 16.4. The van der Waals surface area contributed by atoms with Crippen molar-refractivity contribution in [2.24, 2.45) is 0 Å². The maximum atomic E-state index is 12.8. The standard InChI is InChI=1S/C12H7F3IN7/c13-12(14,15)8-5-9(16)19-11(18-8)17-7-4-2-1-3-6(7)10-20-22-23-21-10/h1-5H,(H,17,18,19)(H,20,21,22,23). The van der Waals surface area contributed by atoms with Gasteiger partial charge in [0.05, 0.1) is 5.69 Å². The van der Waals surface area contributed by atoms with Crippen molar-refractivity contribution in [3.05, 3.63) is 39.7 Å². The van der Waals surface area contributed by atoms with Gasteiger partial charge in [0.25, 0.3) is 0 Å². The molecule has 3 aromatic rings. The fourth-order valence-corrected chi connectivity index (χ4v) is 2.33. The summed E-state index contributed by atoms with van der Waals surface area (Å²) in [6.45, 7) is 0. The average molecular weight is 433 g/mol. The number of rotatable bonds is 3. The summed E-state index contributed by atoms with van der Waals surface area (Å²) < 4.78 is 38.7. The first kappa shape index (κ1) is 15.6. The number of nitrogens with zero attached hydrogens (tertiary/aromatic N) is 5. The number of tetrazole rings is 1. The Balaban J connectivity index is 1.99. The Kier molecular flexibility index (Phi) is 4.11. The van der Waals surface area contributed by atoms with E-state index in [9.17, 15) is 13.2 Å². The van der Waals surface area contributed by atoms with Crippen LogP contribution >= 0.6 is 22.6 Å². The molecule has 7 nitrogen and oxygen atoms in total. The van der Waals surface area contributed by atoms with Gasteiger partial charge < -0.3 is 5.32 Å². The molecule has 2 heterocycles. The van der Waals surface area contributed by atoms with Gasteiger partial charge >= 0.3 is 6.18 Å². The van der Waals surface area contributed by atoms with Crippen molar-refractivity contribution < 1.29 is 13.2 Å². The Bertz CT molecular complexity index is 820. The van der Waals surface area contributed by atoms with Crippen LogP contribution in [0.1, 0.15) is 5.69 Å². The molecule has 0 unspecified atom stereocenters. The van der Waals surface area contributed by atoms with E-state index in [1.165, 1.54) is 0 Å². The number of nitrogens with one attached hydrogen (secondary N) is 2. The van der Waals surface area contributed by atoms with Crippen molar-refractivity contribution in [1.29, 1.82) is 0 Å². The summed E-state index contributed by atoms with van der Waals surface area (Å²) in [4.78, 5) is 7.47. The van der Waals surface area contributed by atoms with Crippen LogP contribution in [-0.4, -0.2) is 30.6 Å². The second-order valence-electron chi connectivity index (χ2n) is 4.30. The molecule has 0 aliphatic heterocycles. The molecule has 118 valence electrons. The molecule has 0 aliphatic carbocycles. The molecule has 0 bridgehead atoms. The van der Waals surface area contributed by atoms with Crippen LogP contribution in [0.2, 0.25) is 0 Å². The highest BCUT2D eigenvalue weighted by molar-refractivity contribution is 14.1.